The van der Waals surface area contributed by atoms with Gasteiger partial charge in [0.2, 0.25) is 0 Å². The molecule has 0 saturated carbocycles. The smallest absolute Gasteiger partial charge is 0.0841 e. The highest BCUT2D eigenvalue weighted by molar-refractivity contribution is 5.40. The largest absolute Gasteiger partial charge is 0.304 e. The van der Waals surface area contributed by atoms with Crippen molar-refractivity contribution < 1.29 is 0 Å². The number of rotatable bonds is 3. The third-order valence-corrected chi connectivity index (χ3v) is 2.56. The van der Waals surface area contributed by atoms with Crippen LogP contribution in [0.15, 0.2) is 24.3 Å². The summed E-state index contributed by atoms with van der Waals surface area (Å²) in [6.07, 6.45) is 1.16. The minimum absolute atomic E-state index is 0.457. The molecule has 1 atom stereocenters. The van der Waals surface area contributed by atoms with Gasteiger partial charge in [-0.05, 0) is 17.5 Å². The average molecular weight is 172 g/mol. The average Bonchev–Trinajstić information content (AvgIpc) is 2.13. The zero-order valence-corrected chi connectivity index (χ0v) is 7.46. The Bertz CT molecular complexity index is 338. The van der Waals surface area contributed by atoms with Crippen LogP contribution in [0.3, 0.4) is 0 Å². The summed E-state index contributed by atoms with van der Waals surface area (Å²) in [5.74, 6) is 0.629. The second-order valence-electron chi connectivity index (χ2n) is 3.39. The monoisotopic (exact) mass is 172 g/mol. The molecule has 1 aliphatic carbocycles. The summed E-state index contributed by atoms with van der Waals surface area (Å²) < 4.78 is 0. The van der Waals surface area contributed by atoms with E-state index in [1.54, 1.807) is 0 Å². The summed E-state index contributed by atoms with van der Waals surface area (Å²) >= 11 is 0. The van der Waals surface area contributed by atoms with E-state index in [1.807, 2.05) is 0 Å². The molecular weight excluding hydrogens is 160 g/mol. The van der Waals surface area contributed by atoms with Crippen molar-refractivity contribution in [1.29, 1.82) is 5.26 Å². The Morgan fingerprint density at radius 1 is 1.46 bits per heavy atom. The lowest BCUT2D eigenvalue weighted by molar-refractivity contribution is 0.556. The first-order chi connectivity index (χ1) is 6.42. The number of nitrogens with zero attached hydrogens (tertiary/aromatic N) is 1. The summed E-state index contributed by atoms with van der Waals surface area (Å²) in [6.45, 7) is 1.39. The van der Waals surface area contributed by atoms with Crippen LogP contribution in [0.2, 0.25) is 0 Å². The van der Waals surface area contributed by atoms with E-state index in [4.69, 9.17) is 5.26 Å². The van der Waals surface area contributed by atoms with E-state index >= 15 is 0 Å². The molecule has 2 rings (SSSR count). The van der Waals surface area contributed by atoms with Crippen LogP contribution in [0.25, 0.3) is 0 Å². The quantitative estimate of drug-likeness (QED) is 0.553. The normalized spacial score (nSPS) is 18.5. The Balaban J connectivity index is 1.91. The molecule has 1 aliphatic rings. The minimum atomic E-state index is 0.457. The van der Waals surface area contributed by atoms with Crippen LogP contribution in [0.1, 0.15) is 17.0 Å². The van der Waals surface area contributed by atoms with Crippen LogP contribution >= 0.6 is 0 Å². The number of fused-ring (bicyclic) bond motifs is 1. The molecule has 1 aromatic rings. The van der Waals surface area contributed by atoms with Gasteiger partial charge in [-0.3, -0.25) is 0 Å². The fourth-order valence-corrected chi connectivity index (χ4v) is 1.85. The lowest BCUT2D eigenvalue weighted by atomic mass is 9.78. The maximum absolute atomic E-state index is 8.35. The van der Waals surface area contributed by atoms with Crippen molar-refractivity contribution >= 4 is 0 Å². The summed E-state index contributed by atoms with van der Waals surface area (Å²) in [5.41, 5.74) is 2.92. The molecule has 0 aromatic heterocycles. The van der Waals surface area contributed by atoms with Crippen molar-refractivity contribution in [2.75, 3.05) is 13.1 Å². The third kappa shape index (κ3) is 1.56. The zero-order chi connectivity index (χ0) is 9.10. The molecule has 1 aromatic carbocycles. The molecule has 1 N–H and O–H groups in total. The van der Waals surface area contributed by atoms with Crippen LogP contribution in [0.5, 0.6) is 0 Å². The predicted molar refractivity (Wildman–Crippen MR) is 51.4 cm³/mol. The van der Waals surface area contributed by atoms with E-state index in [9.17, 15) is 0 Å². The first-order valence-electron chi connectivity index (χ1n) is 4.57. The number of hydrogen-bond donors (Lipinski definition) is 1. The van der Waals surface area contributed by atoms with E-state index in [2.05, 4.69) is 35.7 Å². The van der Waals surface area contributed by atoms with E-state index in [0.29, 0.717) is 12.5 Å². The Hall–Kier alpha value is -1.33. The Kier molecular flexibility index (Phi) is 2.29. The Labute approximate surface area is 78.2 Å². The van der Waals surface area contributed by atoms with Gasteiger partial charge >= 0.3 is 0 Å². The van der Waals surface area contributed by atoms with Crippen LogP contribution in [-0.2, 0) is 6.42 Å². The van der Waals surface area contributed by atoms with Gasteiger partial charge < -0.3 is 5.32 Å². The second-order valence-corrected chi connectivity index (χ2v) is 3.39. The van der Waals surface area contributed by atoms with Crippen LogP contribution < -0.4 is 5.32 Å². The summed E-state index contributed by atoms with van der Waals surface area (Å²) in [6, 6.07) is 10.6. The molecule has 0 saturated heterocycles. The van der Waals surface area contributed by atoms with Crippen molar-refractivity contribution in [3.8, 4) is 6.07 Å². The van der Waals surface area contributed by atoms with Crippen molar-refractivity contribution in [3.63, 3.8) is 0 Å². The Morgan fingerprint density at radius 2 is 2.31 bits per heavy atom. The molecule has 0 aliphatic heterocycles. The van der Waals surface area contributed by atoms with E-state index in [-0.39, 0.29) is 0 Å². The zero-order valence-electron chi connectivity index (χ0n) is 7.46. The number of hydrogen-bond acceptors (Lipinski definition) is 2. The van der Waals surface area contributed by atoms with Gasteiger partial charge in [-0.15, -0.1) is 0 Å². The molecule has 0 bridgehead atoms. The molecule has 0 heterocycles. The van der Waals surface area contributed by atoms with Crippen LogP contribution in [0.4, 0.5) is 0 Å². The summed E-state index contributed by atoms with van der Waals surface area (Å²) in [4.78, 5) is 0. The van der Waals surface area contributed by atoms with Crippen molar-refractivity contribution in [3.05, 3.63) is 35.4 Å². The standard InChI is InChI=1S/C11H12N2/c12-5-6-13-8-10-7-9-3-1-2-4-11(9)10/h1-4,10,13H,6-8H2. The molecule has 0 spiro atoms. The predicted octanol–water partition coefficient (Wildman–Crippen LogP) is 1.44. The van der Waals surface area contributed by atoms with Gasteiger partial charge in [-0.2, -0.15) is 5.26 Å². The van der Waals surface area contributed by atoms with Crippen LogP contribution in [-0.4, -0.2) is 13.1 Å². The molecule has 66 valence electrons. The van der Waals surface area contributed by atoms with E-state index in [0.717, 1.165) is 13.0 Å². The molecule has 0 amide bonds. The molecule has 2 heteroatoms. The molecule has 0 radical (unpaired) electrons. The van der Waals surface area contributed by atoms with Crippen molar-refractivity contribution in [1.82, 2.24) is 5.32 Å². The van der Waals surface area contributed by atoms with Gasteiger partial charge in [0.25, 0.3) is 0 Å². The van der Waals surface area contributed by atoms with Gasteiger partial charge in [0, 0.05) is 12.5 Å². The van der Waals surface area contributed by atoms with Crippen molar-refractivity contribution in [2.24, 2.45) is 0 Å². The second kappa shape index (κ2) is 3.59. The molecule has 0 fully saturated rings. The number of benzene rings is 1. The van der Waals surface area contributed by atoms with Gasteiger partial charge in [0.15, 0.2) is 0 Å². The highest BCUT2D eigenvalue weighted by atomic mass is 14.9. The summed E-state index contributed by atoms with van der Waals surface area (Å²) in [5, 5.41) is 11.5. The lowest BCUT2D eigenvalue weighted by Gasteiger charge is -2.29. The van der Waals surface area contributed by atoms with Gasteiger partial charge in [0.05, 0.1) is 12.6 Å². The maximum atomic E-state index is 8.35. The maximum Gasteiger partial charge on any atom is 0.0841 e. The third-order valence-electron chi connectivity index (χ3n) is 2.56. The lowest BCUT2D eigenvalue weighted by Crippen LogP contribution is -2.29. The SMILES string of the molecule is N#CCNCC1Cc2ccccc21. The topological polar surface area (TPSA) is 35.8 Å². The number of nitriles is 1. The molecule has 2 nitrogen and oxygen atoms in total. The van der Waals surface area contributed by atoms with E-state index < -0.39 is 0 Å². The van der Waals surface area contributed by atoms with Crippen LogP contribution in [0, 0.1) is 11.3 Å². The Morgan fingerprint density at radius 3 is 3.08 bits per heavy atom. The first-order valence-corrected chi connectivity index (χ1v) is 4.57. The molecule has 13 heavy (non-hydrogen) atoms. The summed E-state index contributed by atoms with van der Waals surface area (Å²) in [7, 11) is 0. The van der Waals surface area contributed by atoms with E-state index in [1.165, 1.54) is 11.1 Å². The first kappa shape index (κ1) is 8.28. The van der Waals surface area contributed by atoms with Crippen molar-refractivity contribution in [2.45, 2.75) is 12.3 Å². The van der Waals surface area contributed by atoms with Gasteiger partial charge in [-0.1, -0.05) is 24.3 Å². The molecular formula is C11H12N2. The van der Waals surface area contributed by atoms with Gasteiger partial charge in [0.1, 0.15) is 0 Å². The van der Waals surface area contributed by atoms with Gasteiger partial charge in [-0.25, -0.2) is 0 Å². The molecule has 1 unspecified atom stereocenters. The highest BCUT2D eigenvalue weighted by Gasteiger charge is 2.24. The fraction of sp³-hybridized carbons (Fsp3) is 0.364. The minimum Gasteiger partial charge on any atom is -0.304 e. The number of nitrogens with one attached hydrogen (secondary N) is 1. The highest BCUT2D eigenvalue weighted by Crippen LogP contribution is 2.33. The fourth-order valence-electron chi connectivity index (χ4n) is 1.85.